The highest BCUT2D eigenvalue weighted by Gasteiger charge is 2.28. The molecule has 0 amide bonds. The lowest BCUT2D eigenvalue weighted by Gasteiger charge is -2.09. The highest BCUT2D eigenvalue weighted by Crippen LogP contribution is 2.19. The van der Waals surface area contributed by atoms with Crippen LogP contribution in [0.15, 0.2) is 24.3 Å². The fourth-order valence-corrected chi connectivity index (χ4v) is 1.43. The van der Waals surface area contributed by atoms with E-state index in [9.17, 15) is 27.6 Å². The first-order chi connectivity index (χ1) is 10.2. The molecule has 1 aromatic carbocycles. The minimum Gasteiger partial charge on any atom is -0.484 e. The minimum atomic E-state index is -4.46. The van der Waals surface area contributed by atoms with Gasteiger partial charge in [0.2, 0.25) is 5.78 Å². The van der Waals surface area contributed by atoms with Crippen molar-refractivity contribution in [3.63, 3.8) is 0 Å². The summed E-state index contributed by atoms with van der Waals surface area (Å²) < 4.78 is 44.8. The molecule has 0 spiro atoms. The van der Waals surface area contributed by atoms with Crippen LogP contribution < -0.4 is 4.74 Å². The number of esters is 1. The standard InChI is InChI=1S/C14H13F3O5/c1-2-21-13(20)12(19)7-11(18)9-3-5-10(6-4-9)22-8-14(15,16)17/h3-6H,2,7-8H2,1H3. The Bertz CT molecular complexity index is 549. The van der Waals surface area contributed by atoms with Gasteiger partial charge in [-0.15, -0.1) is 0 Å². The average molecular weight is 318 g/mol. The van der Waals surface area contributed by atoms with E-state index in [1.54, 1.807) is 0 Å². The maximum Gasteiger partial charge on any atom is 0.422 e. The van der Waals surface area contributed by atoms with Gasteiger partial charge in [-0.1, -0.05) is 0 Å². The summed E-state index contributed by atoms with van der Waals surface area (Å²) in [7, 11) is 0. The molecule has 0 aliphatic carbocycles. The number of rotatable bonds is 7. The van der Waals surface area contributed by atoms with Gasteiger partial charge in [0.25, 0.3) is 0 Å². The van der Waals surface area contributed by atoms with Crippen molar-refractivity contribution in [3.05, 3.63) is 29.8 Å². The summed E-state index contributed by atoms with van der Waals surface area (Å²) in [6, 6.07) is 4.78. The molecular weight excluding hydrogens is 305 g/mol. The molecule has 0 atom stereocenters. The Morgan fingerprint density at radius 3 is 2.18 bits per heavy atom. The predicted octanol–water partition coefficient (Wildman–Crippen LogP) is 2.33. The lowest BCUT2D eigenvalue weighted by Crippen LogP contribution is -2.20. The van der Waals surface area contributed by atoms with Gasteiger partial charge in [-0.3, -0.25) is 9.59 Å². The first-order valence-electron chi connectivity index (χ1n) is 6.25. The number of hydrogen-bond donors (Lipinski definition) is 0. The second-order valence-electron chi connectivity index (χ2n) is 4.17. The number of halogens is 3. The van der Waals surface area contributed by atoms with E-state index in [4.69, 9.17) is 0 Å². The van der Waals surface area contributed by atoms with Gasteiger partial charge in [0.15, 0.2) is 12.4 Å². The number of alkyl halides is 3. The zero-order chi connectivity index (χ0) is 16.8. The summed E-state index contributed by atoms with van der Waals surface area (Å²) in [5.41, 5.74) is 0.0806. The number of carbonyl (C=O) groups is 3. The third-order valence-corrected chi connectivity index (χ3v) is 2.40. The van der Waals surface area contributed by atoms with Crippen molar-refractivity contribution in [2.75, 3.05) is 13.2 Å². The molecule has 0 heterocycles. The molecule has 0 aromatic heterocycles. The first-order valence-corrected chi connectivity index (χ1v) is 6.25. The zero-order valence-corrected chi connectivity index (χ0v) is 11.6. The molecule has 0 bridgehead atoms. The average Bonchev–Trinajstić information content (AvgIpc) is 2.45. The fraction of sp³-hybridized carbons (Fsp3) is 0.357. The zero-order valence-electron chi connectivity index (χ0n) is 11.6. The largest absolute Gasteiger partial charge is 0.484 e. The lowest BCUT2D eigenvalue weighted by molar-refractivity contribution is -0.153. The second-order valence-corrected chi connectivity index (χ2v) is 4.17. The van der Waals surface area contributed by atoms with E-state index < -0.39 is 36.7 Å². The number of ketones is 2. The Morgan fingerprint density at radius 2 is 1.68 bits per heavy atom. The van der Waals surface area contributed by atoms with Crippen molar-refractivity contribution in [2.45, 2.75) is 19.5 Å². The third kappa shape index (κ3) is 5.94. The summed E-state index contributed by atoms with van der Waals surface area (Å²) in [6.07, 6.45) is -5.12. The minimum absolute atomic E-state index is 0.0179. The van der Waals surface area contributed by atoms with E-state index in [1.165, 1.54) is 31.2 Å². The number of benzene rings is 1. The molecule has 5 nitrogen and oxygen atoms in total. The van der Waals surface area contributed by atoms with Gasteiger partial charge < -0.3 is 9.47 Å². The SMILES string of the molecule is CCOC(=O)C(=O)CC(=O)c1ccc(OCC(F)(F)F)cc1. The van der Waals surface area contributed by atoms with Crippen LogP contribution in [0.1, 0.15) is 23.7 Å². The molecule has 0 saturated carbocycles. The monoisotopic (exact) mass is 318 g/mol. The number of carbonyl (C=O) groups excluding carboxylic acids is 3. The van der Waals surface area contributed by atoms with Gasteiger partial charge in [-0.05, 0) is 31.2 Å². The quantitative estimate of drug-likeness (QED) is 0.334. The summed E-state index contributed by atoms with van der Waals surface area (Å²) in [5, 5.41) is 0. The molecule has 0 unspecified atom stereocenters. The molecule has 1 rings (SSSR count). The summed E-state index contributed by atoms with van der Waals surface area (Å²) in [4.78, 5) is 34.2. The highest BCUT2D eigenvalue weighted by molar-refractivity contribution is 6.38. The van der Waals surface area contributed by atoms with Crippen LogP contribution in [-0.2, 0) is 14.3 Å². The van der Waals surface area contributed by atoms with Crippen LogP contribution in [0.25, 0.3) is 0 Å². The Hall–Kier alpha value is -2.38. The normalized spacial score (nSPS) is 10.9. The number of ether oxygens (including phenoxy) is 2. The van der Waals surface area contributed by atoms with E-state index in [2.05, 4.69) is 9.47 Å². The van der Waals surface area contributed by atoms with Crippen LogP contribution >= 0.6 is 0 Å². The van der Waals surface area contributed by atoms with E-state index in [-0.39, 0.29) is 17.9 Å². The molecule has 0 aliphatic heterocycles. The Balaban J connectivity index is 2.60. The van der Waals surface area contributed by atoms with E-state index in [0.717, 1.165) is 0 Å². The molecule has 0 saturated heterocycles. The second kappa shape index (κ2) is 7.58. The van der Waals surface area contributed by atoms with E-state index in [1.807, 2.05) is 0 Å². The first kappa shape index (κ1) is 17.7. The Morgan fingerprint density at radius 1 is 1.09 bits per heavy atom. The molecule has 0 fully saturated rings. The van der Waals surface area contributed by atoms with Crippen molar-refractivity contribution >= 4 is 17.5 Å². The van der Waals surface area contributed by atoms with Crippen LogP contribution in [0, 0.1) is 0 Å². The molecule has 8 heteroatoms. The van der Waals surface area contributed by atoms with E-state index >= 15 is 0 Å². The summed E-state index contributed by atoms with van der Waals surface area (Å²) in [5.74, 6) is -2.78. The van der Waals surface area contributed by atoms with Crippen LogP contribution in [-0.4, -0.2) is 36.9 Å². The van der Waals surface area contributed by atoms with Crippen LogP contribution in [0.5, 0.6) is 5.75 Å². The summed E-state index contributed by atoms with van der Waals surface area (Å²) >= 11 is 0. The van der Waals surface area contributed by atoms with Gasteiger partial charge in [-0.25, -0.2) is 4.79 Å². The van der Waals surface area contributed by atoms with Gasteiger partial charge in [0.1, 0.15) is 5.75 Å². The van der Waals surface area contributed by atoms with E-state index in [0.29, 0.717) is 0 Å². The Kier molecular flexibility index (Phi) is 6.09. The van der Waals surface area contributed by atoms with Crippen LogP contribution in [0.4, 0.5) is 13.2 Å². The molecule has 1 aromatic rings. The fourth-order valence-electron chi connectivity index (χ4n) is 1.43. The smallest absolute Gasteiger partial charge is 0.422 e. The topological polar surface area (TPSA) is 69.7 Å². The maximum atomic E-state index is 12.0. The third-order valence-electron chi connectivity index (χ3n) is 2.40. The van der Waals surface area contributed by atoms with Crippen molar-refractivity contribution in [3.8, 4) is 5.75 Å². The Labute approximate surface area is 124 Å². The lowest BCUT2D eigenvalue weighted by atomic mass is 10.1. The van der Waals surface area contributed by atoms with Gasteiger partial charge in [0, 0.05) is 5.56 Å². The molecule has 120 valence electrons. The number of hydrogen-bond acceptors (Lipinski definition) is 5. The van der Waals surface area contributed by atoms with Crippen LogP contribution in [0.3, 0.4) is 0 Å². The summed E-state index contributed by atoms with van der Waals surface area (Å²) in [6.45, 7) is 0.0956. The maximum absolute atomic E-state index is 12.0. The highest BCUT2D eigenvalue weighted by atomic mass is 19.4. The number of Topliss-reactive ketones (excluding diaryl/α,β-unsaturated/α-hetero) is 2. The van der Waals surface area contributed by atoms with Crippen molar-refractivity contribution in [1.29, 1.82) is 0 Å². The molecule has 0 radical (unpaired) electrons. The van der Waals surface area contributed by atoms with Crippen molar-refractivity contribution in [2.24, 2.45) is 0 Å². The van der Waals surface area contributed by atoms with Crippen LogP contribution in [0.2, 0.25) is 0 Å². The molecule has 0 aliphatic rings. The van der Waals surface area contributed by atoms with Crippen molar-refractivity contribution in [1.82, 2.24) is 0 Å². The van der Waals surface area contributed by atoms with Gasteiger partial charge in [0.05, 0.1) is 13.0 Å². The van der Waals surface area contributed by atoms with Crippen molar-refractivity contribution < 1.29 is 37.0 Å². The predicted molar refractivity (Wildman–Crippen MR) is 68.6 cm³/mol. The van der Waals surface area contributed by atoms with Gasteiger partial charge >= 0.3 is 12.1 Å². The molecule has 0 N–H and O–H groups in total. The molecular formula is C14H13F3O5. The molecule has 22 heavy (non-hydrogen) atoms. The van der Waals surface area contributed by atoms with Gasteiger partial charge in [-0.2, -0.15) is 13.2 Å².